The fraction of sp³-hybridized carbons (Fsp3) is 0.364. The fourth-order valence-corrected chi connectivity index (χ4v) is 3.25. The number of aryl methyl sites for hydroxylation is 1. The molecule has 25 heavy (non-hydrogen) atoms. The minimum atomic E-state index is 0. The molecule has 3 heteroatoms. The van der Waals surface area contributed by atoms with Crippen LogP contribution in [0.2, 0.25) is 0 Å². The van der Waals surface area contributed by atoms with Gasteiger partial charge in [0, 0.05) is 0 Å². The molecule has 0 fully saturated rings. The Morgan fingerprint density at radius 1 is 0.880 bits per heavy atom. The summed E-state index contributed by atoms with van der Waals surface area (Å²) in [7, 11) is 0. The molecule has 0 nitrogen and oxygen atoms in total. The Kier molecular flexibility index (Phi) is 14.2. The van der Waals surface area contributed by atoms with Crippen LogP contribution < -0.4 is 48.0 Å². The molecule has 0 radical (unpaired) electrons. The maximum absolute atomic E-state index is 2.26. The van der Waals surface area contributed by atoms with Crippen molar-refractivity contribution in [2.24, 2.45) is 0 Å². The van der Waals surface area contributed by atoms with E-state index in [1.54, 1.807) is 5.56 Å². The number of benzene rings is 1. The predicted octanol–water partition coefficient (Wildman–Crippen LogP) is 0.328. The molecule has 0 heterocycles. The number of hydrogen-bond donors (Lipinski definition) is 0. The van der Waals surface area contributed by atoms with E-state index in [0.29, 0.717) is 0 Å². The van der Waals surface area contributed by atoms with Crippen molar-refractivity contribution in [1.82, 2.24) is 0 Å². The molecule has 3 rings (SSSR count). The third kappa shape index (κ3) is 6.57. The molecular formula is C22H28I2Zr. The van der Waals surface area contributed by atoms with Gasteiger partial charge in [0.2, 0.25) is 0 Å². The molecular weight excluding hydrogens is 609 g/mol. The van der Waals surface area contributed by atoms with Crippen LogP contribution in [0.5, 0.6) is 0 Å². The van der Waals surface area contributed by atoms with Crippen LogP contribution in [0.15, 0.2) is 36.4 Å². The largest absolute Gasteiger partial charge is 4.00 e. The Hall–Kier alpha value is 0.523. The van der Waals surface area contributed by atoms with Crippen LogP contribution >= 0.6 is 0 Å². The summed E-state index contributed by atoms with van der Waals surface area (Å²) in [6.07, 6.45) is 2.31. The van der Waals surface area contributed by atoms with E-state index in [4.69, 9.17) is 0 Å². The van der Waals surface area contributed by atoms with Crippen LogP contribution in [0.4, 0.5) is 0 Å². The van der Waals surface area contributed by atoms with Crippen molar-refractivity contribution in [1.29, 1.82) is 0 Å². The van der Waals surface area contributed by atoms with Crippen LogP contribution in [0.1, 0.15) is 47.2 Å². The van der Waals surface area contributed by atoms with Gasteiger partial charge in [-0.3, -0.25) is 0 Å². The molecule has 0 aromatic heterocycles. The molecule has 0 bridgehead atoms. The minimum absolute atomic E-state index is 0. The van der Waals surface area contributed by atoms with Crippen LogP contribution in [0.3, 0.4) is 0 Å². The van der Waals surface area contributed by atoms with Crippen molar-refractivity contribution in [2.75, 3.05) is 0 Å². The fourth-order valence-electron chi connectivity index (χ4n) is 3.25. The summed E-state index contributed by atoms with van der Waals surface area (Å²) in [6.45, 7) is 13.3. The van der Waals surface area contributed by atoms with E-state index in [2.05, 4.69) is 77.9 Å². The number of rotatable bonds is 2. The maximum atomic E-state index is 2.26. The first-order chi connectivity index (χ1) is 10.5. The Balaban J connectivity index is 0. The van der Waals surface area contributed by atoms with Gasteiger partial charge in [-0.1, -0.05) is 54.0 Å². The maximum Gasteiger partial charge on any atom is 4.00 e. The van der Waals surface area contributed by atoms with E-state index >= 15 is 0 Å². The SMILES string of the molecule is CC[c-]1c(C)c(C)c(C)c1C.CCc1cc2ccccc2[cH-]1.[I-].[I-].[Zr+4]. The summed E-state index contributed by atoms with van der Waals surface area (Å²) < 4.78 is 0. The Bertz CT molecular complexity index is 707. The minimum Gasteiger partial charge on any atom is -1.00 e. The summed E-state index contributed by atoms with van der Waals surface area (Å²) in [5.74, 6) is 0. The normalized spacial score (nSPS) is 9.36. The first kappa shape index (κ1) is 27.7. The van der Waals surface area contributed by atoms with Crippen molar-refractivity contribution in [3.05, 3.63) is 69.8 Å². The summed E-state index contributed by atoms with van der Waals surface area (Å²) in [5.41, 5.74) is 8.97. The Morgan fingerprint density at radius 2 is 1.40 bits per heavy atom. The van der Waals surface area contributed by atoms with Crippen molar-refractivity contribution in [3.8, 4) is 0 Å². The zero-order valence-corrected chi connectivity index (χ0v) is 22.9. The third-order valence-corrected chi connectivity index (χ3v) is 5.03. The standard InChI is InChI=1S/C11H11.C11H17.2HI.Zr/c1-2-9-7-10-5-3-4-6-11(10)8-9;1-6-11-9(4)7(2)8(3)10(11)5;;;/h3-8H,2H2,1H3;6H2,1-5H3;2*1H;/q2*-1;;;+4/p-2. The van der Waals surface area contributed by atoms with E-state index in [-0.39, 0.29) is 74.2 Å². The number of fused-ring (bicyclic) bond motifs is 1. The average Bonchev–Trinajstić information content (AvgIpc) is 3.04. The average molecular weight is 637 g/mol. The molecule has 3 aromatic carbocycles. The summed E-state index contributed by atoms with van der Waals surface area (Å²) in [6, 6.07) is 13.0. The Labute approximate surface area is 207 Å². The second-order valence-electron chi connectivity index (χ2n) is 6.18. The van der Waals surface area contributed by atoms with Crippen LogP contribution in [0, 0.1) is 27.7 Å². The molecule has 0 saturated carbocycles. The summed E-state index contributed by atoms with van der Waals surface area (Å²) >= 11 is 0. The van der Waals surface area contributed by atoms with Crippen LogP contribution in [0.25, 0.3) is 10.8 Å². The van der Waals surface area contributed by atoms with Gasteiger partial charge >= 0.3 is 26.2 Å². The summed E-state index contributed by atoms with van der Waals surface area (Å²) in [4.78, 5) is 0. The number of halogens is 2. The van der Waals surface area contributed by atoms with Gasteiger partial charge in [-0.2, -0.15) is 33.9 Å². The number of hydrogen-bond acceptors (Lipinski definition) is 0. The van der Waals surface area contributed by atoms with E-state index in [1.807, 2.05) is 0 Å². The predicted molar refractivity (Wildman–Crippen MR) is 99.3 cm³/mol. The molecule has 0 N–H and O–H groups in total. The molecule has 0 spiro atoms. The van der Waals surface area contributed by atoms with Crippen molar-refractivity contribution in [2.45, 2.75) is 54.4 Å². The molecule has 0 amide bonds. The monoisotopic (exact) mass is 636 g/mol. The van der Waals surface area contributed by atoms with E-state index in [9.17, 15) is 0 Å². The first-order valence-electron chi connectivity index (χ1n) is 8.35. The third-order valence-electron chi connectivity index (χ3n) is 5.03. The van der Waals surface area contributed by atoms with Gasteiger partial charge in [0.25, 0.3) is 0 Å². The van der Waals surface area contributed by atoms with Gasteiger partial charge in [-0.25, -0.2) is 0 Å². The molecule has 3 aromatic rings. The molecule has 0 aliphatic rings. The summed E-state index contributed by atoms with van der Waals surface area (Å²) in [5, 5.41) is 2.73. The zero-order valence-electron chi connectivity index (χ0n) is 16.1. The molecule has 0 atom stereocenters. The molecule has 134 valence electrons. The molecule has 0 aliphatic carbocycles. The molecule has 0 saturated heterocycles. The van der Waals surface area contributed by atoms with Gasteiger partial charge in [0.05, 0.1) is 0 Å². The Morgan fingerprint density at radius 3 is 1.80 bits per heavy atom. The second kappa shape index (κ2) is 12.8. The van der Waals surface area contributed by atoms with Crippen LogP contribution in [-0.4, -0.2) is 0 Å². The van der Waals surface area contributed by atoms with E-state index in [0.717, 1.165) is 6.42 Å². The van der Waals surface area contributed by atoms with Crippen molar-refractivity contribution in [3.63, 3.8) is 0 Å². The van der Waals surface area contributed by atoms with Gasteiger partial charge in [0.15, 0.2) is 0 Å². The topological polar surface area (TPSA) is 0 Å². The molecule has 0 aliphatic heterocycles. The van der Waals surface area contributed by atoms with Gasteiger partial charge in [-0.15, -0.1) is 40.6 Å². The zero-order chi connectivity index (χ0) is 16.3. The first-order valence-corrected chi connectivity index (χ1v) is 8.35. The van der Waals surface area contributed by atoms with Gasteiger partial charge < -0.3 is 48.0 Å². The smallest absolute Gasteiger partial charge is 1.00 e. The van der Waals surface area contributed by atoms with E-state index in [1.165, 1.54) is 45.0 Å². The van der Waals surface area contributed by atoms with Gasteiger partial charge in [0.1, 0.15) is 0 Å². The second-order valence-corrected chi connectivity index (χ2v) is 6.18. The van der Waals surface area contributed by atoms with Crippen LogP contribution in [-0.2, 0) is 39.0 Å². The van der Waals surface area contributed by atoms with Gasteiger partial charge in [-0.05, 0) is 6.42 Å². The van der Waals surface area contributed by atoms with Crippen molar-refractivity contribution >= 4 is 10.8 Å². The van der Waals surface area contributed by atoms with E-state index < -0.39 is 0 Å². The van der Waals surface area contributed by atoms with Crippen molar-refractivity contribution < 1.29 is 74.2 Å². The quantitative estimate of drug-likeness (QED) is 0.281. The molecule has 0 unspecified atom stereocenters.